The predicted octanol–water partition coefficient (Wildman–Crippen LogP) is 3.27. The van der Waals surface area contributed by atoms with Gasteiger partial charge in [-0.05, 0) is 45.4 Å². The minimum Gasteiger partial charge on any atom is -0.493 e. The van der Waals surface area contributed by atoms with E-state index in [0.29, 0.717) is 6.61 Å². The number of aliphatic hydroxyl groups excluding tert-OH is 1. The zero-order valence-electron chi connectivity index (χ0n) is 11.1. The predicted molar refractivity (Wildman–Crippen MR) is 78.0 cm³/mol. The lowest BCUT2D eigenvalue weighted by molar-refractivity contribution is 0.264. The van der Waals surface area contributed by atoms with Crippen molar-refractivity contribution in [1.82, 2.24) is 5.32 Å². The fraction of sp³-hybridized carbons (Fsp3) is 0.571. The maximum absolute atomic E-state index is 8.71. The van der Waals surface area contributed by atoms with Gasteiger partial charge in [-0.25, -0.2) is 0 Å². The minimum absolute atomic E-state index is 0.263. The highest BCUT2D eigenvalue weighted by Gasteiger charge is 2.10. The van der Waals surface area contributed by atoms with Crippen LogP contribution in [0, 0.1) is 0 Å². The number of rotatable bonds is 8. The smallest absolute Gasteiger partial charge is 0.125 e. The lowest BCUT2D eigenvalue weighted by atomic mass is 10.1. The van der Waals surface area contributed by atoms with Crippen molar-refractivity contribution in [3.63, 3.8) is 0 Å². The fourth-order valence-electron chi connectivity index (χ4n) is 1.72. The third kappa shape index (κ3) is 4.96. The van der Waals surface area contributed by atoms with Crippen molar-refractivity contribution >= 4 is 15.9 Å². The summed E-state index contributed by atoms with van der Waals surface area (Å²) in [7, 11) is 1.94. The molecule has 102 valence electrons. The van der Waals surface area contributed by atoms with Crippen LogP contribution in [0.25, 0.3) is 0 Å². The van der Waals surface area contributed by atoms with Gasteiger partial charge in [0.2, 0.25) is 0 Å². The Bertz CT molecular complexity index is 358. The number of hydrogen-bond acceptors (Lipinski definition) is 3. The van der Waals surface area contributed by atoms with Crippen LogP contribution in [0.15, 0.2) is 22.7 Å². The van der Waals surface area contributed by atoms with Gasteiger partial charge in [-0.2, -0.15) is 0 Å². The summed E-state index contributed by atoms with van der Waals surface area (Å²) in [5, 5.41) is 11.9. The number of ether oxygens (including phenoxy) is 1. The van der Waals surface area contributed by atoms with Gasteiger partial charge in [-0.15, -0.1) is 0 Å². The van der Waals surface area contributed by atoms with E-state index >= 15 is 0 Å². The SMILES string of the molecule is CNC(C)c1ccc(Br)cc1OCCCCCO. The first-order chi connectivity index (χ1) is 8.69. The summed E-state index contributed by atoms with van der Waals surface area (Å²) in [5.74, 6) is 0.926. The molecule has 1 unspecified atom stereocenters. The number of halogens is 1. The summed E-state index contributed by atoms with van der Waals surface area (Å²) in [5.41, 5.74) is 1.17. The number of nitrogens with one attached hydrogen (secondary N) is 1. The first-order valence-electron chi connectivity index (χ1n) is 6.39. The molecule has 1 rings (SSSR count). The maximum Gasteiger partial charge on any atom is 0.125 e. The highest BCUT2D eigenvalue weighted by Crippen LogP contribution is 2.28. The van der Waals surface area contributed by atoms with Gasteiger partial charge < -0.3 is 15.2 Å². The molecule has 0 saturated carbocycles. The molecule has 0 heterocycles. The van der Waals surface area contributed by atoms with Crippen molar-refractivity contribution in [2.24, 2.45) is 0 Å². The zero-order chi connectivity index (χ0) is 13.4. The lowest BCUT2D eigenvalue weighted by Gasteiger charge is -2.17. The molecule has 18 heavy (non-hydrogen) atoms. The van der Waals surface area contributed by atoms with Crippen LogP contribution in [0.5, 0.6) is 5.75 Å². The van der Waals surface area contributed by atoms with Crippen molar-refractivity contribution in [2.75, 3.05) is 20.3 Å². The minimum atomic E-state index is 0.263. The first-order valence-corrected chi connectivity index (χ1v) is 7.18. The number of unbranched alkanes of at least 4 members (excludes halogenated alkanes) is 2. The van der Waals surface area contributed by atoms with Gasteiger partial charge in [-0.3, -0.25) is 0 Å². The number of hydrogen-bond donors (Lipinski definition) is 2. The van der Waals surface area contributed by atoms with Gasteiger partial charge in [-0.1, -0.05) is 22.0 Å². The Balaban J connectivity index is 2.59. The van der Waals surface area contributed by atoms with Crippen molar-refractivity contribution < 1.29 is 9.84 Å². The summed E-state index contributed by atoms with van der Waals surface area (Å²) in [6.07, 6.45) is 2.82. The lowest BCUT2D eigenvalue weighted by Crippen LogP contribution is -2.14. The van der Waals surface area contributed by atoms with E-state index in [1.807, 2.05) is 19.2 Å². The summed E-state index contributed by atoms with van der Waals surface area (Å²) in [6, 6.07) is 6.39. The molecule has 0 fully saturated rings. The summed E-state index contributed by atoms with van der Waals surface area (Å²) < 4.78 is 6.86. The molecule has 0 aliphatic carbocycles. The normalized spacial score (nSPS) is 12.4. The monoisotopic (exact) mass is 315 g/mol. The van der Waals surface area contributed by atoms with Crippen LogP contribution >= 0.6 is 15.9 Å². The van der Waals surface area contributed by atoms with Crippen LogP contribution in [-0.2, 0) is 0 Å². The Labute approximate surface area is 118 Å². The quantitative estimate of drug-likeness (QED) is 0.723. The number of aliphatic hydroxyl groups is 1. The molecular formula is C14H22BrNO2. The molecule has 0 amide bonds. The molecule has 1 aromatic rings. The Morgan fingerprint density at radius 3 is 2.78 bits per heavy atom. The second kappa shape index (κ2) is 8.51. The fourth-order valence-corrected chi connectivity index (χ4v) is 2.06. The van der Waals surface area contributed by atoms with E-state index in [1.54, 1.807) is 0 Å². The molecule has 3 nitrogen and oxygen atoms in total. The van der Waals surface area contributed by atoms with Crippen LogP contribution in [0.3, 0.4) is 0 Å². The van der Waals surface area contributed by atoms with E-state index in [4.69, 9.17) is 9.84 Å². The van der Waals surface area contributed by atoms with Gasteiger partial charge in [0, 0.05) is 22.7 Å². The van der Waals surface area contributed by atoms with E-state index in [-0.39, 0.29) is 12.6 Å². The summed E-state index contributed by atoms with van der Waals surface area (Å²) >= 11 is 3.47. The van der Waals surface area contributed by atoms with Gasteiger partial charge in [0.1, 0.15) is 5.75 Å². The second-order valence-electron chi connectivity index (χ2n) is 4.33. The molecule has 2 N–H and O–H groups in total. The van der Waals surface area contributed by atoms with Crippen LogP contribution < -0.4 is 10.1 Å². The average Bonchev–Trinajstić information content (AvgIpc) is 2.38. The molecule has 0 bridgehead atoms. The number of benzene rings is 1. The Morgan fingerprint density at radius 1 is 1.33 bits per heavy atom. The highest BCUT2D eigenvalue weighted by atomic mass is 79.9. The van der Waals surface area contributed by atoms with Crippen LogP contribution in [0.4, 0.5) is 0 Å². The van der Waals surface area contributed by atoms with E-state index in [0.717, 1.165) is 29.5 Å². The maximum atomic E-state index is 8.71. The van der Waals surface area contributed by atoms with Crippen molar-refractivity contribution in [3.05, 3.63) is 28.2 Å². The standard InChI is InChI=1S/C14H22BrNO2/c1-11(16-2)13-7-6-12(15)10-14(13)18-9-5-3-4-8-17/h6-7,10-11,16-17H,3-5,8-9H2,1-2H3. The molecule has 0 aliphatic heterocycles. The summed E-state index contributed by atoms with van der Waals surface area (Å²) in [6.45, 7) is 3.07. The van der Waals surface area contributed by atoms with Crippen molar-refractivity contribution in [2.45, 2.75) is 32.2 Å². The average molecular weight is 316 g/mol. The molecule has 0 aromatic heterocycles. The van der Waals surface area contributed by atoms with Crippen LogP contribution in [-0.4, -0.2) is 25.4 Å². The zero-order valence-corrected chi connectivity index (χ0v) is 12.7. The topological polar surface area (TPSA) is 41.5 Å². The molecule has 0 saturated heterocycles. The Hall–Kier alpha value is -0.580. The summed E-state index contributed by atoms with van der Waals surface area (Å²) in [4.78, 5) is 0. The van der Waals surface area contributed by atoms with Crippen LogP contribution in [0.1, 0.15) is 37.8 Å². The molecule has 1 atom stereocenters. The van der Waals surface area contributed by atoms with Gasteiger partial charge in [0.05, 0.1) is 6.61 Å². The molecule has 1 aromatic carbocycles. The third-order valence-electron chi connectivity index (χ3n) is 2.94. The van der Waals surface area contributed by atoms with E-state index < -0.39 is 0 Å². The molecule has 4 heteroatoms. The van der Waals surface area contributed by atoms with Gasteiger partial charge in [0.15, 0.2) is 0 Å². The first kappa shape index (κ1) is 15.5. The molecule has 0 radical (unpaired) electrons. The van der Waals surface area contributed by atoms with Crippen LogP contribution in [0.2, 0.25) is 0 Å². The van der Waals surface area contributed by atoms with Crippen molar-refractivity contribution in [1.29, 1.82) is 0 Å². The second-order valence-corrected chi connectivity index (χ2v) is 5.24. The van der Waals surface area contributed by atoms with E-state index in [2.05, 4.69) is 34.2 Å². The Kier molecular flexibility index (Phi) is 7.32. The van der Waals surface area contributed by atoms with E-state index in [1.165, 1.54) is 5.56 Å². The van der Waals surface area contributed by atoms with Gasteiger partial charge >= 0.3 is 0 Å². The van der Waals surface area contributed by atoms with Gasteiger partial charge in [0.25, 0.3) is 0 Å². The molecular weight excluding hydrogens is 294 g/mol. The highest BCUT2D eigenvalue weighted by molar-refractivity contribution is 9.10. The third-order valence-corrected chi connectivity index (χ3v) is 3.43. The molecule has 0 spiro atoms. The van der Waals surface area contributed by atoms with Crippen molar-refractivity contribution in [3.8, 4) is 5.75 Å². The Morgan fingerprint density at radius 2 is 2.11 bits per heavy atom. The largest absolute Gasteiger partial charge is 0.493 e. The molecule has 0 aliphatic rings. The van der Waals surface area contributed by atoms with E-state index in [9.17, 15) is 0 Å².